The van der Waals surface area contributed by atoms with Crippen LogP contribution in [0.4, 0.5) is 11.6 Å². The third-order valence-corrected chi connectivity index (χ3v) is 3.54. The summed E-state index contributed by atoms with van der Waals surface area (Å²) in [6.45, 7) is 9.34. The molecule has 6 nitrogen and oxygen atoms in total. The number of piperazine rings is 1. The third-order valence-electron chi connectivity index (χ3n) is 3.54. The van der Waals surface area contributed by atoms with Gasteiger partial charge in [-0.1, -0.05) is 13.8 Å². The number of nitrogens with one attached hydrogen (secondary N) is 1. The lowest BCUT2D eigenvalue weighted by molar-refractivity contribution is -0.116. The van der Waals surface area contributed by atoms with Crippen molar-refractivity contribution >= 4 is 17.5 Å². The van der Waals surface area contributed by atoms with Crippen LogP contribution in [0.1, 0.15) is 26.7 Å². The van der Waals surface area contributed by atoms with E-state index in [-0.39, 0.29) is 5.91 Å². The average Bonchev–Trinajstić information content (AvgIpc) is 2.48. The fraction of sp³-hybridized carbons (Fsp3) is 0.643. The molecule has 1 aromatic heterocycles. The summed E-state index contributed by atoms with van der Waals surface area (Å²) in [6, 6.07) is 3.75. The smallest absolute Gasteiger partial charge is 0.225 e. The van der Waals surface area contributed by atoms with Crippen molar-refractivity contribution in [3.05, 3.63) is 12.1 Å². The lowest BCUT2D eigenvalue weighted by atomic mass is 10.3. The lowest BCUT2D eigenvalue weighted by Crippen LogP contribution is -2.46. The minimum atomic E-state index is -0.00823. The van der Waals surface area contributed by atoms with Gasteiger partial charge in [0.25, 0.3) is 0 Å². The second-order valence-electron chi connectivity index (χ2n) is 5.00. The monoisotopic (exact) mass is 277 g/mol. The Labute approximate surface area is 120 Å². The van der Waals surface area contributed by atoms with Crippen LogP contribution in [0.2, 0.25) is 0 Å². The Morgan fingerprint density at radius 2 is 1.95 bits per heavy atom. The maximum absolute atomic E-state index is 11.5. The maximum Gasteiger partial charge on any atom is 0.225 e. The predicted octanol–water partition coefficient (Wildman–Crippen LogP) is 1.36. The summed E-state index contributed by atoms with van der Waals surface area (Å²) in [6.07, 6.45) is 1.35. The molecule has 1 aliphatic rings. The molecule has 0 spiro atoms. The summed E-state index contributed by atoms with van der Waals surface area (Å²) in [7, 11) is 0. The van der Waals surface area contributed by atoms with E-state index in [4.69, 9.17) is 0 Å². The molecule has 110 valence electrons. The van der Waals surface area contributed by atoms with Gasteiger partial charge in [-0.05, 0) is 25.1 Å². The number of likely N-dealkylation sites (N-methyl/N-ethyl adjacent to an activating group) is 1. The Morgan fingerprint density at radius 1 is 1.20 bits per heavy atom. The summed E-state index contributed by atoms with van der Waals surface area (Å²) >= 11 is 0. The van der Waals surface area contributed by atoms with E-state index in [2.05, 4.69) is 32.2 Å². The number of nitrogens with zero attached hydrogens (tertiary/aromatic N) is 4. The normalized spacial score (nSPS) is 16.2. The SMILES string of the molecule is CCCC(=O)Nc1ccc(N2CCN(CC)CC2)nn1. The molecule has 1 aromatic rings. The van der Waals surface area contributed by atoms with E-state index in [1.54, 1.807) is 0 Å². The molecule has 6 heteroatoms. The van der Waals surface area contributed by atoms with Crippen molar-refractivity contribution in [2.45, 2.75) is 26.7 Å². The summed E-state index contributed by atoms with van der Waals surface area (Å²) in [5.41, 5.74) is 0. The van der Waals surface area contributed by atoms with E-state index >= 15 is 0 Å². The standard InChI is InChI=1S/C14H23N5O/c1-3-5-14(20)15-12-6-7-13(17-16-12)19-10-8-18(4-2)9-11-19/h6-7H,3-5,8-11H2,1-2H3,(H,15,16,20). The van der Waals surface area contributed by atoms with E-state index in [1.807, 2.05) is 19.1 Å². The first-order valence-corrected chi connectivity index (χ1v) is 7.33. The molecule has 0 radical (unpaired) electrons. The molecule has 0 aromatic carbocycles. The van der Waals surface area contributed by atoms with Crippen LogP contribution in [-0.2, 0) is 4.79 Å². The molecule has 2 rings (SSSR count). The first-order chi connectivity index (χ1) is 9.72. The number of anilines is 2. The van der Waals surface area contributed by atoms with Crippen molar-refractivity contribution < 1.29 is 4.79 Å². The number of aromatic nitrogens is 2. The number of rotatable bonds is 5. The van der Waals surface area contributed by atoms with Crippen molar-refractivity contribution in [2.24, 2.45) is 0 Å². The average molecular weight is 277 g/mol. The summed E-state index contributed by atoms with van der Waals surface area (Å²) in [5.74, 6) is 1.40. The predicted molar refractivity (Wildman–Crippen MR) is 79.9 cm³/mol. The number of hydrogen-bond acceptors (Lipinski definition) is 5. The molecular weight excluding hydrogens is 254 g/mol. The molecule has 0 bridgehead atoms. The molecule has 1 N–H and O–H groups in total. The van der Waals surface area contributed by atoms with Gasteiger partial charge in [-0.3, -0.25) is 4.79 Å². The van der Waals surface area contributed by atoms with Crippen LogP contribution in [0.25, 0.3) is 0 Å². The van der Waals surface area contributed by atoms with E-state index in [0.717, 1.165) is 45.0 Å². The molecule has 1 amide bonds. The van der Waals surface area contributed by atoms with E-state index in [1.165, 1.54) is 0 Å². The van der Waals surface area contributed by atoms with Gasteiger partial charge in [-0.25, -0.2) is 0 Å². The Balaban J connectivity index is 1.90. The summed E-state index contributed by atoms with van der Waals surface area (Å²) < 4.78 is 0. The molecule has 1 aliphatic heterocycles. The van der Waals surface area contributed by atoms with Gasteiger partial charge in [0.05, 0.1) is 0 Å². The van der Waals surface area contributed by atoms with Crippen LogP contribution in [0, 0.1) is 0 Å². The zero-order chi connectivity index (χ0) is 14.4. The molecule has 0 unspecified atom stereocenters. The van der Waals surface area contributed by atoms with Crippen molar-refractivity contribution in [1.82, 2.24) is 15.1 Å². The van der Waals surface area contributed by atoms with Crippen molar-refractivity contribution in [3.8, 4) is 0 Å². The van der Waals surface area contributed by atoms with E-state index < -0.39 is 0 Å². The van der Waals surface area contributed by atoms with Crippen LogP contribution in [0.15, 0.2) is 12.1 Å². The second kappa shape index (κ2) is 7.19. The molecule has 1 saturated heterocycles. The lowest BCUT2D eigenvalue weighted by Gasteiger charge is -2.34. The van der Waals surface area contributed by atoms with Gasteiger partial charge in [0.1, 0.15) is 0 Å². The van der Waals surface area contributed by atoms with Crippen LogP contribution in [0.3, 0.4) is 0 Å². The fourth-order valence-corrected chi connectivity index (χ4v) is 2.29. The maximum atomic E-state index is 11.5. The van der Waals surface area contributed by atoms with Gasteiger partial charge in [-0.2, -0.15) is 0 Å². The van der Waals surface area contributed by atoms with Gasteiger partial charge in [0, 0.05) is 32.6 Å². The molecule has 0 aliphatic carbocycles. The quantitative estimate of drug-likeness (QED) is 0.880. The molecule has 1 fully saturated rings. The van der Waals surface area contributed by atoms with Gasteiger partial charge < -0.3 is 15.1 Å². The Morgan fingerprint density at radius 3 is 2.50 bits per heavy atom. The Kier molecular flexibility index (Phi) is 5.29. The topological polar surface area (TPSA) is 61.4 Å². The number of carbonyl (C=O) groups excluding carboxylic acids is 1. The highest BCUT2D eigenvalue weighted by molar-refractivity contribution is 5.89. The van der Waals surface area contributed by atoms with Crippen molar-refractivity contribution in [3.63, 3.8) is 0 Å². The van der Waals surface area contributed by atoms with E-state index in [0.29, 0.717) is 12.2 Å². The van der Waals surface area contributed by atoms with Crippen LogP contribution >= 0.6 is 0 Å². The zero-order valence-electron chi connectivity index (χ0n) is 12.3. The molecule has 2 heterocycles. The number of amides is 1. The third kappa shape index (κ3) is 3.90. The molecular formula is C14H23N5O. The summed E-state index contributed by atoms with van der Waals surface area (Å²) in [5, 5.41) is 11.0. The first kappa shape index (κ1) is 14.7. The van der Waals surface area contributed by atoms with Crippen LogP contribution in [-0.4, -0.2) is 53.7 Å². The van der Waals surface area contributed by atoms with Gasteiger partial charge in [0.15, 0.2) is 11.6 Å². The van der Waals surface area contributed by atoms with Gasteiger partial charge in [-0.15, -0.1) is 10.2 Å². The minimum Gasteiger partial charge on any atom is -0.353 e. The highest BCUT2D eigenvalue weighted by Crippen LogP contribution is 2.14. The van der Waals surface area contributed by atoms with Gasteiger partial charge in [0.2, 0.25) is 5.91 Å². The molecule has 0 saturated carbocycles. The van der Waals surface area contributed by atoms with E-state index in [9.17, 15) is 4.79 Å². The number of carbonyl (C=O) groups is 1. The largest absolute Gasteiger partial charge is 0.353 e. The molecule has 0 atom stereocenters. The van der Waals surface area contributed by atoms with Gasteiger partial charge >= 0.3 is 0 Å². The first-order valence-electron chi connectivity index (χ1n) is 7.33. The van der Waals surface area contributed by atoms with Crippen molar-refractivity contribution in [1.29, 1.82) is 0 Å². The number of hydrogen-bond donors (Lipinski definition) is 1. The van der Waals surface area contributed by atoms with Crippen LogP contribution in [0.5, 0.6) is 0 Å². The highest BCUT2D eigenvalue weighted by Gasteiger charge is 2.17. The van der Waals surface area contributed by atoms with Crippen LogP contribution < -0.4 is 10.2 Å². The Hall–Kier alpha value is -1.69. The minimum absolute atomic E-state index is 0.00823. The van der Waals surface area contributed by atoms with Crippen molar-refractivity contribution in [2.75, 3.05) is 42.9 Å². The fourth-order valence-electron chi connectivity index (χ4n) is 2.29. The Bertz CT molecular complexity index is 426. The zero-order valence-corrected chi connectivity index (χ0v) is 12.3. The second-order valence-corrected chi connectivity index (χ2v) is 5.00. The summed E-state index contributed by atoms with van der Waals surface area (Å²) in [4.78, 5) is 16.1. The molecule has 20 heavy (non-hydrogen) atoms. The highest BCUT2D eigenvalue weighted by atomic mass is 16.1.